The molecule has 0 bridgehead atoms. The summed E-state index contributed by atoms with van der Waals surface area (Å²) in [6, 6.07) is 6.11. The van der Waals surface area contributed by atoms with Crippen LogP contribution in [-0.2, 0) is 6.54 Å². The Morgan fingerprint density at radius 1 is 1.40 bits per heavy atom. The van der Waals surface area contributed by atoms with Gasteiger partial charge in [-0.05, 0) is 44.5 Å². The Hall–Kier alpha value is -0.770. The van der Waals surface area contributed by atoms with Crippen molar-refractivity contribution in [3.05, 3.63) is 28.8 Å². The highest BCUT2D eigenvalue weighted by Gasteiger charge is 2.18. The summed E-state index contributed by atoms with van der Waals surface area (Å²) < 4.78 is 5.64. The molecule has 114 valence electrons. The minimum Gasteiger partial charge on any atom is -0.494 e. The monoisotopic (exact) mass is 298 g/mol. The lowest BCUT2D eigenvalue weighted by Gasteiger charge is -2.31. The van der Waals surface area contributed by atoms with Crippen molar-refractivity contribution in [2.45, 2.75) is 46.2 Å². The van der Waals surface area contributed by atoms with E-state index in [1.807, 2.05) is 39.0 Å². The van der Waals surface area contributed by atoms with Crippen LogP contribution in [0.5, 0.6) is 5.75 Å². The van der Waals surface area contributed by atoms with E-state index in [0.29, 0.717) is 12.6 Å². The van der Waals surface area contributed by atoms with E-state index in [2.05, 4.69) is 4.90 Å². The lowest BCUT2D eigenvalue weighted by molar-refractivity contribution is 0.198. The predicted octanol–water partition coefficient (Wildman–Crippen LogP) is 3.69. The second-order valence-electron chi connectivity index (χ2n) is 4.82. The second kappa shape index (κ2) is 9.22. The molecular formula is C16H27ClN2O. The van der Waals surface area contributed by atoms with Gasteiger partial charge in [-0.25, -0.2) is 0 Å². The normalized spacial score (nSPS) is 19.1. The summed E-state index contributed by atoms with van der Waals surface area (Å²) in [4.78, 5) is 2.38. The average molecular weight is 299 g/mol. The lowest BCUT2D eigenvalue weighted by atomic mass is 10.1. The summed E-state index contributed by atoms with van der Waals surface area (Å²) in [6.07, 6.45) is 2.30. The zero-order valence-corrected chi connectivity index (χ0v) is 13.6. The van der Waals surface area contributed by atoms with Gasteiger partial charge in [0.25, 0.3) is 0 Å². The van der Waals surface area contributed by atoms with Gasteiger partial charge in [-0.2, -0.15) is 0 Å². The maximum Gasteiger partial charge on any atom is 0.123 e. The fourth-order valence-electron chi connectivity index (χ4n) is 2.44. The molecule has 0 aromatic heterocycles. The highest BCUT2D eigenvalue weighted by molar-refractivity contribution is 6.30. The van der Waals surface area contributed by atoms with Gasteiger partial charge in [-0.3, -0.25) is 4.90 Å². The summed E-state index contributed by atoms with van der Waals surface area (Å²) in [5.74, 6) is 0.932. The van der Waals surface area contributed by atoms with E-state index in [4.69, 9.17) is 22.1 Å². The van der Waals surface area contributed by atoms with E-state index in [-0.39, 0.29) is 0 Å². The van der Waals surface area contributed by atoms with Crippen LogP contribution in [0.25, 0.3) is 0 Å². The Bertz CT molecular complexity index is 398. The summed E-state index contributed by atoms with van der Waals surface area (Å²) in [7, 11) is 0. The number of piperidine rings is 1. The summed E-state index contributed by atoms with van der Waals surface area (Å²) >= 11 is 6.06. The molecule has 1 aromatic carbocycles. The Kier molecular flexibility index (Phi) is 7.97. The van der Waals surface area contributed by atoms with Crippen LogP contribution >= 0.6 is 11.6 Å². The first kappa shape index (κ1) is 17.3. The smallest absolute Gasteiger partial charge is 0.123 e. The molecule has 2 N–H and O–H groups in total. The molecule has 1 unspecified atom stereocenters. The van der Waals surface area contributed by atoms with Crippen molar-refractivity contribution in [3.63, 3.8) is 0 Å². The van der Waals surface area contributed by atoms with Crippen molar-refractivity contribution in [2.75, 3.05) is 19.7 Å². The predicted molar refractivity (Wildman–Crippen MR) is 86.5 cm³/mol. The molecule has 20 heavy (non-hydrogen) atoms. The van der Waals surface area contributed by atoms with Gasteiger partial charge in [0.2, 0.25) is 0 Å². The fraction of sp³-hybridized carbons (Fsp3) is 0.625. The zero-order valence-electron chi connectivity index (χ0n) is 12.9. The number of ether oxygens (including phenoxy) is 1. The Morgan fingerprint density at radius 3 is 2.80 bits per heavy atom. The van der Waals surface area contributed by atoms with Gasteiger partial charge >= 0.3 is 0 Å². The number of rotatable bonds is 4. The maximum atomic E-state index is 6.06. The topological polar surface area (TPSA) is 38.5 Å². The molecule has 0 spiro atoms. The van der Waals surface area contributed by atoms with Crippen molar-refractivity contribution in [1.82, 2.24) is 4.90 Å². The van der Waals surface area contributed by atoms with E-state index in [9.17, 15) is 0 Å². The first-order valence-electron chi connectivity index (χ1n) is 7.58. The Labute approximate surface area is 128 Å². The van der Waals surface area contributed by atoms with E-state index in [1.165, 1.54) is 6.42 Å². The molecule has 1 aliphatic rings. The fourth-order valence-corrected chi connectivity index (χ4v) is 2.64. The van der Waals surface area contributed by atoms with Gasteiger partial charge in [-0.1, -0.05) is 25.4 Å². The maximum absolute atomic E-state index is 6.06. The van der Waals surface area contributed by atoms with Crippen LogP contribution in [0.1, 0.15) is 39.2 Å². The van der Waals surface area contributed by atoms with Gasteiger partial charge in [-0.15, -0.1) is 0 Å². The third-order valence-electron chi connectivity index (χ3n) is 3.26. The third kappa shape index (κ3) is 5.31. The highest BCUT2D eigenvalue weighted by atomic mass is 35.5. The second-order valence-corrected chi connectivity index (χ2v) is 5.26. The van der Waals surface area contributed by atoms with E-state index < -0.39 is 0 Å². The SMILES string of the molecule is CC.CCOc1ccc(Cl)cc1CN1CCCC(N)C1. The molecule has 0 aliphatic carbocycles. The third-order valence-corrected chi connectivity index (χ3v) is 3.49. The van der Waals surface area contributed by atoms with Crippen molar-refractivity contribution in [2.24, 2.45) is 5.73 Å². The molecule has 3 nitrogen and oxygen atoms in total. The number of hydrogen-bond acceptors (Lipinski definition) is 3. The van der Waals surface area contributed by atoms with Crippen LogP contribution in [0.15, 0.2) is 18.2 Å². The highest BCUT2D eigenvalue weighted by Crippen LogP contribution is 2.25. The van der Waals surface area contributed by atoms with Crippen molar-refractivity contribution >= 4 is 11.6 Å². The van der Waals surface area contributed by atoms with Crippen LogP contribution in [0.2, 0.25) is 5.02 Å². The first-order chi connectivity index (χ1) is 9.69. The largest absolute Gasteiger partial charge is 0.494 e. The van der Waals surface area contributed by atoms with Gasteiger partial charge in [0, 0.05) is 29.7 Å². The van der Waals surface area contributed by atoms with Crippen molar-refractivity contribution < 1.29 is 4.74 Å². The molecule has 1 fully saturated rings. The minimum atomic E-state index is 0.300. The summed E-state index contributed by atoms with van der Waals surface area (Å²) in [5, 5.41) is 0.759. The van der Waals surface area contributed by atoms with Gasteiger partial charge < -0.3 is 10.5 Å². The van der Waals surface area contributed by atoms with Crippen LogP contribution in [0.3, 0.4) is 0 Å². The minimum absolute atomic E-state index is 0.300. The molecular weight excluding hydrogens is 272 g/mol. The van der Waals surface area contributed by atoms with Crippen LogP contribution < -0.4 is 10.5 Å². The van der Waals surface area contributed by atoms with E-state index in [1.54, 1.807) is 0 Å². The molecule has 1 aromatic rings. The standard InChI is InChI=1S/C14H21ClN2O.C2H6/c1-2-18-14-6-5-12(15)8-11(14)9-17-7-3-4-13(16)10-17;1-2/h5-6,8,13H,2-4,7,9-10,16H2,1H3;1-2H3. The molecule has 0 amide bonds. The summed E-state index contributed by atoms with van der Waals surface area (Å²) in [6.45, 7) is 9.59. The van der Waals surface area contributed by atoms with Gasteiger partial charge in [0.1, 0.15) is 5.75 Å². The zero-order chi connectivity index (χ0) is 15.0. The number of benzene rings is 1. The van der Waals surface area contributed by atoms with Crippen molar-refractivity contribution in [1.29, 1.82) is 0 Å². The van der Waals surface area contributed by atoms with Crippen LogP contribution in [0, 0.1) is 0 Å². The van der Waals surface area contributed by atoms with E-state index >= 15 is 0 Å². The van der Waals surface area contributed by atoms with Crippen molar-refractivity contribution in [3.8, 4) is 5.75 Å². The number of likely N-dealkylation sites (tertiary alicyclic amines) is 1. The molecule has 0 radical (unpaired) electrons. The molecule has 4 heteroatoms. The number of nitrogens with two attached hydrogens (primary N) is 1. The first-order valence-corrected chi connectivity index (χ1v) is 7.96. The lowest BCUT2D eigenvalue weighted by Crippen LogP contribution is -2.42. The summed E-state index contributed by atoms with van der Waals surface area (Å²) in [5.41, 5.74) is 7.16. The number of halogens is 1. The van der Waals surface area contributed by atoms with Gasteiger partial charge in [0.15, 0.2) is 0 Å². The molecule has 0 saturated carbocycles. The Morgan fingerprint density at radius 2 is 2.15 bits per heavy atom. The van der Waals surface area contributed by atoms with Crippen LogP contribution in [0.4, 0.5) is 0 Å². The Balaban J connectivity index is 0.000000956. The molecule has 2 rings (SSSR count). The molecule has 1 saturated heterocycles. The van der Waals surface area contributed by atoms with Crippen LogP contribution in [-0.4, -0.2) is 30.6 Å². The van der Waals surface area contributed by atoms with Gasteiger partial charge in [0.05, 0.1) is 6.61 Å². The number of hydrogen-bond donors (Lipinski definition) is 1. The average Bonchev–Trinajstić information content (AvgIpc) is 2.44. The van der Waals surface area contributed by atoms with E-state index in [0.717, 1.165) is 42.4 Å². The molecule has 1 heterocycles. The quantitative estimate of drug-likeness (QED) is 0.921. The molecule has 1 atom stereocenters. The number of nitrogens with zero attached hydrogens (tertiary/aromatic N) is 1. The molecule has 1 aliphatic heterocycles.